The number of halogens is 1. The molecule has 2 aromatic carbocycles. The number of aliphatic imine (C=N–C) groups is 1. The van der Waals surface area contributed by atoms with E-state index in [-0.39, 0.29) is 5.82 Å². The van der Waals surface area contributed by atoms with Crippen LogP contribution in [0.2, 0.25) is 0 Å². The van der Waals surface area contributed by atoms with Crippen LogP contribution in [-0.2, 0) is 16.4 Å². The van der Waals surface area contributed by atoms with Crippen LogP contribution in [0, 0.1) is 11.7 Å². The summed E-state index contributed by atoms with van der Waals surface area (Å²) < 4.78 is 40.4. The highest BCUT2D eigenvalue weighted by molar-refractivity contribution is 7.89. The molecule has 2 aromatic rings. The Kier molecular flexibility index (Phi) is 8.43. The average molecular weight is 447 g/mol. The lowest BCUT2D eigenvalue weighted by Crippen LogP contribution is -2.40. The van der Waals surface area contributed by atoms with Crippen LogP contribution in [0.4, 0.5) is 4.39 Å². The van der Waals surface area contributed by atoms with Crippen LogP contribution in [0.25, 0.3) is 0 Å². The number of sulfonamides is 1. The standard InChI is InChI=1S/C23H31FN4O2S/c1-2-25-23(26-14-11-19-7-6-8-21(24)17-19)27-18-20-12-15-28(16-13-20)31(29,30)22-9-4-3-5-10-22/h3-10,17,20H,2,11-16,18H2,1H3,(H2,25,26,27). The Morgan fingerprint density at radius 2 is 1.84 bits per heavy atom. The molecule has 1 aliphatic heterocycles. The maximum Gasteiger partial charge on any atom is 0.243 e. The van der Waals surface area contributed by atoms with Crippen LogP contribution >= 0.6 is 0 Å². The lowest BCUT2D eigenvalue weighted by Gasteiger charge is -2.30. The molecule has 0 aliphatic carbocycles. The fourth-order valence-electron chi connectivity index (χ4n) is 3.65. The number of nitrogens with zero attached hydrogens (tertiary/aromatic N) is 2. The summed E-state index contributed by atoms with van der Waals surface area (Å²) in [5, 5.41) is 6.53. The third-order valence-electron chi connectivity index (χ3n) is 5.40. The smallest absolute Gasteiger partial charge is 0.243 e. The van der Waals surface area contributed by atoms with Gasteiger partial charge in [0.15, 0.2) is 5.96 Å². The van der Waals surface area contributed by atoms with Gasteiger partial charge in [-0.25, -0.2) is 12.8 Å². The van der Waals surface area contributed by atoms with Gasteiger partial charge in [0.05, 0.1) is 4.90 Å². The van der Waals surface area contributed by atoms with Gasteiger partial charge in [-0.2, -0.15) is 4.31 Å². The van der Waals surface area contributed by atoms with Crippen LogP contribution in [0.5, 0.6) is 0 Å². The lowest BCUT2D eigenvalue weighted by molar-refractivity contribution is 0.278. The number of hydrogen-bond donors (Lipinski definition) is 2. The van der Waals surface area contributed by atoms with Crippen molar-refractivity contribution in [3.63, 3.8) is 0 Å². The van der Waals surface area contributed by atoms with Gasteiger partial charge in [0.2, 0.25) is 10.0 Å². The highest BCUT2D eigenvalue weighted by atomic mass is 32.2. The van der Waals surface area contributed by atoms with Crippen molar-refractivity contribution >= 4 is 16.0 Å². The SMILES string of the molecule is CCNC(=NCC1CCN(S(=O)(=O)c2ccccc2)CC1)NCCc1cccc(F)c1. The largest absolute Gasteiger partial charge is 0.357 e. The predicted octanol–water partition coefficient (Wildman–Crippen LogP) is 3.02. The van der Waals surface area contributed by atoms with E-state index < -0.39 is 10.0 Å². The van der Waals surface area contributed by atoms with Crippen molar-refractivity contribution in [3.05, 3.63) is 66.0 Å². The first-order valence-corrected chi connectivity index (χ1v) is 12.2. The summed E-state index contributed by atoms with van der Waals surface area (Å²) in [7, 11) is -3.42. The first-order valence-electron chi connectivity index (χ1n) is 10.8. The highest BCUT2D eigenvalue weighted by Crippen LogP contribution is 2.23. The molecule has 2 N–H and O–H groups in total. The van der Waals surface area contributed by atoms with Gasteiger partial charge in [-0.15, -0.1) is 0 Å². The molecule has 31 heavy (non-hydrogen) atoms. The first-order chi connectivity index (χ1) is 15.0. The molecule has 0 unspecified atom stereocenters. The Bertz CT molecular complexity index is 959. The van der Waals surface area contributed by atoms with E-state index in [2.05, 4.69) is 15.6 Å². The third kappa shape index (κ3) is 6.77. The zero-order valence-corrected chi connectivity index (χ0v) is 18.7. The maximum atomic E-state index is 13.3. The van der Waals surface area contributed by atoms with E-state index in [0.717, 1.165) is 30.9 Å². The van der Waals surface area contributed by atoms with Crippen molar-refractivity contribution in [2.45, 2.75) is 31.1 Å². The van der Waals surface area contributed by atoms with Crippen molar-refractivity contribution in [1.29, 1.82) is 0 Å². The molecule has 0 atom stereocenters. The minimum absolute atomic E-state index is 0.223. The van der Waals surface area contributed by atoms with E-state index in [4.69, 9.17) is 0 Å². The van der Waals surface area contributed by atoms with Crippen LogP contribution in [0.1, 0.15) is 25.3 Å². The number of piperidine rings is 1. The van der Waals surface area contributed by atoms with Crippen molar-refractivity contribution in [1.82, 2.24) is 14.9 Å². The summed E-state index contributed by atoms with van der Waals surface area (Å²) in [5.41, 5.74) is 0.940. The van der Waals surface area contributed by atoms with Crippen molar-refractivity contribution < 1.29 is 12.8 Å². The quantitative estimate of drug-likeness (QED) is 0.483. The number of benzene rings is 2. The molecule has 8 heteroatoms. The van der Waals surface area contributed by atoms with Crippen LogP contribution in [-0.4, -0.2) is 51.4 Å². The van der Waals surface area contributed by atoms with E-state index in [1.807, 2.05) is 19.1 Å². The zero-order valence-electron chi connectivity index (χ0n) is 17.9. The van der Waals surface area contributed by atoms with Crippen LogP contribution in [0.15, 0.2) is 64.5 Å². The molecule has 0 radical (unpaired) electrons. The van der Waals surface area contributed by atoms with Gasteiger partial charge in [-0.1, -0.05) is 30.3 Å². The Morgan fingerprint density at radius 1 is 1.10 bits per heavy atom. The van der Waals surface area contributed by atoms with Gasteiger partial charge < -0.3 is 10.6 Å². The fraction of sp³-hybridized carbons (Fsp3) is 0.435. The summed E-state index contributed by atoms with van der Waals surface area (Å²) in [4.78, 5) is 5.03. The molecule has 0 saturated carbocycles. The maximum absolute atomic E-state index is 13.3. The van der Waals surface area contributed by atoms with E-state index in [9.17, 15) is 12.8 Å². The number of rotatable bonds is 8. The van der Waals surface area contributed by atoms with E-state index >= 15 is 0 Å². The third-order valence-corrected chi connectivity index (χ3v) is 7.31. The second-order valence-electron chi connectivity index (χ2n) is 7.69. The fourth-order valence-corrected chi connectivity index (χ4v) is 5.14. The number of nitrogens with one attached hydrogen (secondary N) is 2. The first kappa shape index (κ1) is 23.2. The van der Waals surface area contributed by atoms with Gasteiger partial charge in [-0.3, -0.25) is 4.99 Å². The van der Waals surface area contributed by atoms with Crippen LogP contribution in [0.3, 0.4) is 0 Å². The van der Waals surface area contributed by atoms with E-state index in [1.165, 1.54) is 6.07 Å². The summed E-state index contributed by atoms with van der Waals surface area (Å²) in [5.74, 6) is 0.859. The normalized spacial score (nSPS) is 16.3. The monoisotopic (exact) mass is 446 g/mol. The van der Waals surface area contributed by atoms with Gasteiger partial charge in [-0.05, 0) is 61.9 Å². The Labute approximate surface area is 184 Å². The zero-order chi connectivity index (χ0) is 22.1. The summed E-state index contributed by atoms with van der Waals surface area (Å²) in [6.07, 6.45) is 2.29. The van der Waals surface area contributed by atoms with Gasteiger partial charge in [0.1, 0.15) is 5.82 Å². The minimum Gasteiger partial charge on any atom is -0.357 e. The van der Waals surface area contributed by atoms with Crippen molar-refractivity contribution in [2.75, 3.05) is 32.7 Å². The molecule has 6 nitrogen and oxygen atoms in total. The molecule has 1 saturated heterocycles. The molecule has 1 heterocycles. The number of guanidine groups is 1. The molecule has 3 rings (SSSR count). The van der Waals surface area contributed by atoms with Gasteiger partial charge in [0.25, 0.3) is 0 Å². The lowest BCUT2D eigenvalue weighted by atomic mass is 9.98. The molecule has 1 fully saturated rings. The van der Waals surface area contributed by atoms with E-state index in [0.29, 0.717) is 43.4 Å². The summed E-state index contributed by atoms with van der Waals surface area (Å²) in [6, 6.07) is 15.2. The van der Waals surface area contributed by atoms with Crippen molar-refractivity contribution in [3.8, 4) is 0 Å². The second kappa shape index (κ2) is 11.2. The molecule has 1 aliphatic rings. The van der Waals surface area contributed by atoms with Gasteiger partial charge >= 0.3 is 0 Å². The Balaban J connectivity index is 1.48. The summed E-state index contributed by atoms with van der Waals surface area (Å²) >= 11 is 0. The summed E-state index contributed by atoms with van der Waals surface area (Å²) in [6.45, 7) is 5.09. The average Bonchev–Trinajstić information content (AvgIpc) is 2.78. The second-order valence-corrected chi connectivity index (χ2v) is 9.62. The van der Waals surface area contributed by atoms with E-state index in [1.54, 1.807) is 40.7 Å². The predicted molar refractivity (Wildman–Crippen MR) is 122 cm³/mol. The van der Waals surface area contributed by atoms with Crippen molar-refractivity contribution in [2.24, 2.45) is 10.9 Å². The molecule has 0 bridgehead atoms. The Hall–Kier alpha value is -2.45. The van der Waals surface area contributed by atoms with Gasteiger partial charge in [0, 0.05) is 32.7 Å². The molecule has 0 aromatic heterocycles. The molecule has 0 amide bonds. The molecular formula is C23H31FN4O2S. The molecular weight excluding hydrogens is 415 g/mol. The minimum atomic E-state index is -3.42. The topological polar surface area (TPSA) is 73.8 Å². The molecule has 168 valence electrons. The number of hydrogen-bond acceptors (Lipinski definition) is 3. The van der Waals surface area contributed by atoms with Crippen LogP contribution < -0.4 is 10.6 Å². The molecule has 0 spiro atoms. The highest BCUT2D eigenvalue weighted by Gasteiger charge is 2.29. The Morgan fingerprint density at radius 3 is 2.52 bits per heavy atom.